The van der Waals surface area contributed by atoms with Crippen molar-refractivity contribution < 1.29 is 23.8 Å². The topological polar surface area (TPSA) is 86.5 Å². The van der Waals surface area contributed by atoms with Gasteiger partial charge in [-0.3, -0.25) is 0 Å². The van der Waals surface area contributed by atoms with Crippen LogP contribution in [0.2, 0.25) is 0 Å². The van der Waals surface area contributed by atoms with Crippen molar-refractivity contribution in [3.8, 4) is 5.88 Å². The van der Waals surface area contributed by atoms with Gasteiger partial charge in [0.05, 0.1) is 18.0 Å². The van der Waals surface area contributed by atoms with Gasteiger partial charge in [0.1, 0.15) is 0 Å². The third-order valence-corrected chi connectivity index (χ3v) is 8.36. The molecule has 1 saturated heterocycles. The van der Waals surface area contributed by atoms with Gasteiger partial charge in [-0.15, -0.1) is 5.10 Å². The Hall–Kier alpha value is -4.30. The normalized spacial score (nSPS) is 18.2. The standard InChI is InChI=1S/C34H34FN3O4/c1-21-18-29(41-2)36-20-27(21)33(23-6-5-7-23)32(24-12-9-22(10-13-24)11-16-31(39)40)25-14-15-28-26(19-25)34(35)37-38(28)30-8-3-4-17-42-30/h9-16,18-20,23,30H,3-8,17H2,1-2H3,(H,39,40). The van der Waals surface area contributed by atoms with Crippen molar-refractivity contribution in [3.05, 3.63) is 94.6 Å². The molecule has 42 heavy (non-hydrogen) atoms. The molecule has 1 N–H and O–H groups in total. The van der Waals surface area contributed by atoms with Crippen LogP contribution < -0.4 is 4.74 Å². The smallest absolute Gasteiger partial charge is 0.328 e. The summed E-state index contributed by atoms with van der Waals surface area (Å²) in [5.74, 6) is -0.633. The molecule has 1 saturated carbocycles. The van der Waals surface area contributed by atoms with Crippen molar-refractivity contribution in [2.45, 2.75) is 51.7 Å². The lowest BCUT2D eigenvalue weighted by molar-refractivity contribution is -0.131. The molecule has 1 atom stereocenters. The van der Waals surface area contributed by atoms with Crippen LogP contribution >= 0.6 is 0 Å². The summed E-state index contributed by atoms with van der Waals surface area (Å²) >= 11 is 0. The van der Waals surface area contributed by atoms with Crippen LogP contribution in [-0.2, 0) is 9.53 Å². The number of pyridine rings is 1. The molecular formula is C34H34FN3O4. The maximum atomic E-state index is 15.4. The molecule has 0 spiro atoms. The van der Waals surface area contributed by atoms with Crippen LogP contribution in [0.3, 0.4) is 0 Å². The van der Waals surface area contributed by atoms with E-state index in [1.165, 1.54) is 5.57 Å². The van der Waals surface area contributed by atoms with Crippen LogP contribution in [0.25, 0.3) is 28.1 Å². The Labute approximate surface area is 244 Å². The first-order chi connectivity index (χ1) is 20.4. The minimum atomic E-state index is -0.996. The fourth-order valence-corrected chi connectivity index (χ4v) is 5.98. The summed E-state index contributed by atoms with van der Waals surface area (Å²) in [5, 5.41) is 13.8. The van der Waals surface area contributed by atoms with Crippen LogP contribution in [0.15, 0.2) is 60.8 Å². The zero-order valence-corrected chi connectivity index (χ0v) is 23.8. The molecule has 1 aliphatic heterocycles. The highest BCUT2D eigenvalue weighted by molar-refractivity contribution is 6.02. The number of methoxy groups -OCH3 is 1. The maximum absolute atomic E-state index is 15.4. The Kier molecular flexibility index (Phi) is 7.89. The first-order valence-electron chi connectivity index (χ1n) is 14.5. The SMILES string of the molecule is COc1cc(C)c(C(=C(c2ccc(C=CC(=O)O)cc2)c2ccc3c(c2)c(F)nn3C2CCCCO2)C2CCC2)cn1. The summed E-state index contributed by atoms with van der Waals surface area (Å²) < 4.78 is 28.4. The Bertz CT molecular complexity index is 1680. The molecule has 2 aromatic heterocycles. The van der Waals surface area contributed by atoms with E-state index in [-0.39, 0.29) is 6.23 Å². The molecule has 0 radical (unpaired) electrons. The number of ether oxygens (including phenoxy) is 2. The molecule has 1 aliphatic carbocycles. The van der Waals surface area contributed by atoms with E-state index in [0.717, 1.165) is 78.0 Å². The number of carbonyl (C=O) groups is 1. The molecule has 7 nitrogen and oxygen atoms in total. The minimum Gasteiger partial charge on any atom is -0.481 e. The number of aromatic nitrogens is 3. The number of hydrogen-bond donors (Lipinski definition) is 1. The van der Waals surface area contributed by atoms with E-state index < -0.39 is 11.9 Å². The highest BCUT2D eigenvalue weighted by Gasteiger charge is 2.29. The Morgan fingerprint density at radius 3 is 2.50 bits per heavy atom. The van der Waals surface area contributed by atoms with Gasteiger partial charge in [0.2, 0.25) is 11.8 Å². The number of allylic oxidation sites excluding steroid dienone is 1. The Balaban J connectivity index is 1.55. The van der Waals surface area contributed by atoms with Crippen LogP contribution in [0.4, 0.5) is 4.39 Å². The molecule has 216 valence electrons. The van der Waals surface area contributed by atoms with Crippen molar-refractivity contribution in [1.29, 1.82) is 0 Å². The second-order valence-electron chi connectivity index (χ2n) is 11.0. The lowest BCUT2D eigenvalue weighted by Gasteiger charge is -2.32. The fraction of sp³-hybridized carbons (Fsp3) is 0.324. The number of fused-ring (bicyclic) bond motifs is 1. The lowest BCUT2D eigenvalue weighted by Crippen LogP contribution is -2.19. The van der Waals surface area contributed by atoms with Crippen LogP contribution in [0.1, 0.15) is 72.6 Å². The minimum absolute atomic E-state index is 0.267. The fourth-order valence-electron chi connectivity index (χ4n) is 5.98. The summed E-state index contributed by atoms with van der Waals surface area (Å²) in [6.07, 6.45) is 10.4. The predicted octanol–water partition coefficient (Wildman–Crippen LogP) is 7.44. The number of aliphatic carboxylic acids is 1. The predicted molar refractivity (Wildman–Crippen MR) is 160 cm³/mol. The molecule has 6 rings (SSSR count). The van der Waals surface area contributed by atoms with Crippen molar-refractivity contribution in [3.63, 3.8) is 0 Å². The number of halogens is 1. The van der Waals surface area contributed by atoms with Gasteiger partial charge in [0.25, 0.3) is 0 Å². The number of rotatable bonds is 8. The number of carboxylic acid groups (broad SMARTS) is 1. The highest BCUT2D eigenvalue weighted by Crippen LogP contribution is 2.46. The number of nitrogens with zero attached hydrogens (tertiary/aromatic N) is 3. The molecule has 1 unspecified atom stereocenters. The largest absolute Gasteiger partial charge is 0.481 e. The molecule has 2 aromatic carbocycles. The van der Waals surface area contributed by atoms with Gasteiger partial charge in [-0.2, -0.15) is 4.39 Å². The summed E-state index contributed by atoms with van der Waals surface area (Å²) in [6, 6.07) is 15.6. The summed E-state index contributed by atoms with van der Waals surface area (Å²) in [7, 11) is 1.61. The molecular weight excluding hydrogens is 533 g/mol. The van der Waals surface area contributed by atoms with Crippen LogP contribution in [0.5, 0.6) is 5.88 Å². The van der Waals surface area contributed by atoms with Gasteiger partial charge in [-0.1, -0.05) is 36.8 Å². The number of carboxylic acids is 1. The van der Waals surface area contributed by atoms with Crippen molar-refractivity contribution in [2.24, 2.45) is 5.92 Å². The Morgan fingerprint density at radius 1 is 1.07 bits per heavy atom. The van der Waals surface area contributed by atoms with Gasteiger partial charge in [-0.05, 0) is 96.6 Å². The highest BCUT2D eigenvalue weighted by atomic mass is 19.1. The van der Waals surface area contributed by atoms with E-state index in [0.29, 0.717) is 29.3 Å². The number of aryl methyl sites for hydroxylation is 1. The van der Waals surface area contributed by atoms with Crippen LogP contribution in [0, 0.1) is 18.8 Å². The molecule has 3 heterocycles. The first-order valence-corrected chi connectivity index (χ1v) is 14.5. The number of hydrogen-bond acceptors (Lipinski definition) is 5. The van der Waals surface area contributed by atoms with E-state index in [1.54, 1.807) is 17.9 Å². The summed E-state index contributed by atoms with van der Waals surface area (Å²) in [6.45, 7) is 2.71. The molecule has 4 aromatic rings. The van der Waals surface area contributed by atoms with Crippen molar-refractivity contribution in [2.75, 3.05) is 13.7 Å². The zero-order valence-electron chi connectivity index (χ0n) is 23.8. The van der Waals surface area contributed by atoms with E-state index in [2.05, 4.69) is 17.0 Å². The van der Waals surface area contributed by atoms with E-state index >= 15 is 4.39 Å². The van der Waals surface area contributed by atoms with Gasteiger partial charge in [0.15, 0.2) is 6.23 Å². The molecule has 0 amide bonds. The van der Waals surface area contributed by atoms with Crippen molar-refractivity contribution >= 4 is 34.1 Å². The van der Waals surface area contributed by atoms with E-state index in [9.17, 15) is 4.79 Å². The van der Waals surface area contributed by atoms with Gasteiger partial charge >= 0.3 is 5.97 Å². The van der Waals surface area contributed by atoms with E-state index in [1.807, 2.05) is 54.7 Å². The monoisotopic (exact) mass is 567 g/mol. The Morgan fingerprint density at radius 2 is 1.86 bits per heavy atom. The second kappa shape index (κ2) is 11.9. The molecule has 0 bridgehead atoms. The average Bonchev–Trinajstić information content (AvgIpc) is 3.31. The maximum Gasteiger partial charge on any atom is 0.328 e. The number of benzene rings is 2. The van der Waals surface area contributed by atoms with Crippen LogP contribution in [-0.4, -0.2) is 39.6 Å². The molecule has 2 aliphatic rings. The molecule has 8 heteroatoms. The first kappa shape index (κ1) is 27.8. The van der Waals surface area contributed by atoms with Crippen molar-refractivity contribution in [1.82, 2.24) is 14.8 Å². The molecule has 2 fully saturated rings. The van der Waals surface area contributed by atoms with Gasteiger partial charge in [-0.25, -0.2) is 14.5 Å². The second-order valence-corrected chi connectivity index (χ2v) is 11.0. The lowest BCUT2D eigenvalue weighted by atomic mass is 9.72. The van der Waals surface area contributed by atoms with Gasteiger partial charge in [0, 0.05) is 30.5 Å². The van der Waals surface area contributed by atoms with E-state index in [4.69, 9.17) is 14.6 Å². The quantitative estimate of drug-likeness (QED) is 0.223. The average molecular weight is 568 g/mol. The third kappa shape index (κ3) is 5.46. The summed E-state index contributed by atoms with van der Waals surface area (Å²) in [5.41, 5.74) is 7.61. The zero-order chi connectivity index (χ0) is 29.2. The van der Waals surface area contributed by atoms with Gasteiger partial charge < -0.3 is 14.6 Å². The third-order valence-electron chi connectivity index (χ3n) is 8.36. The summed E-state index contributed by atoms with van der Waals surface area (Å²) in [4.78, 5) is 15.6.